The van der Waals surface area contributed by atoms with Gasteiger partial charge in [0.1, 0.15) is 9.88 Å². The number of halogens is 2. The molecule has 1 aromatic carbocycles. The molecule has 0 radical (unpaired) electrons. The molecule has 1 fully saturated rings. The Morgan fingerprint density at radius 3 is 2.62 bits per heavy atom. The molecular weight excluding hydrogens is 397 g/mol. The summed E-state index contributed by atoms with van der Waals surface area (Å²) in [6.45, 7) is 3.64. The third-order valence-electron chi connectivity index (χ3n) is 4.03. The lowest BCUT2D eigenvalue weighted by Crippen LogP contribution is -2.36. The number of ether oxygens (including phenoxy) is 2. The zero-order valence-electron chi connectivity index (χ0n) is 14.8. The Morgan fingerprint density at radius 2 is 2.00 bits per heavy atom. The number of benzene rings is 1. The molecule has 1 atom stereocenters. The van der Waals surface area contributed by atoms with Crippen molar-refractivity contribution >= 4 is 42.1 Å². The fourth-order valence-electron chi connectivity index (χ4n) is 2.73. The van der Waals surface area contributed by atoms with Gasteiger partial charge in [-0.15, -0.1) is 36.2 Å². The summed E-state index contributed by atoms with van der Waals surface area (Å²) in [5, 5.41) is 7.11. The number of nitrogens with zero attached hydrogens (tertiary/aromatic N) is 1. The molecule has 2 aromatic rings. The minimum Gasteiger partial charge on any atom is -0.493 e. The molecule has 0 aliphatic carbocycles. The average Bonchev–Trinajstić information content (AvgIpc) is 3.23. The third kappa shape index (κ3) is 4.79. The summed E-state index contributed by atoms with van der Waals surface area (Å²) in [6, 6.07) is 5.83. The zero-order valence-corrected chi connectivity index (χ0v) is 17.3. The van der Waals surface area contributed by atoms with E-state index in [2.05, 4.69) is 15.6 Å². The van der Waals surface area contributed by atoms with Gasteiger partial charge in [-0.05, 0) is 38.1 Å². The second-order valence-electron chi connectivity index (χ2n) is 5.67. The molecule has 1 aromatic heterocycles. The van der Waals surface area contributed by atoms with Crippen LogP contribution in [0.1, 0.15) is 21.8 Å². The fraction of sp³-hybridized carbons (Fsp3) is 0.412. The van der Waals surface area contributed by atoms with Crippen LogP contribution in [0.25, 0.3) is 10.6 Å². The van der Waals surface area contributed by atoms with Gasteiger partial charge in [0.05, 0.1) is 19.9 Å². The van der Waals surface area contributed by atoms with Gasteiger partial charge in [-0.1, -0.05) is 0 Å². The molecule has 0 saturated carbocycles. The number of aromatic nitrogens is 1. The number of hydrogen-bond acceptors (Lipinski definition) is 6. The maximum Gasteiger partial charge on any atom is 0.263 e. The smallest absolute Gasteiger partial charge is 0.263 e. The predicted octanol–water partition coefficient (Wildman–Crippen LogP) is 3.07. The van der Waals surface area contributed by atoms with E-state index in [1.54, 1.807) is 14.2 Å². The Bertz CT molecular complexity index is 749. The highest BCUT2D eigenvalue weighted by atomic mass is 35.5. The molecule has 1 saturated heterocycles. The molecule has 6 nitrogen and oxygen atoms in total. The number of methoxy groups -OCH3 is 2. The van der Waals surface area contributed by atoms with Crippen molar-refractivity contribution < 1.29 is 14.3 Å². The molecule has 26 heavy (non-hydrogen) atoms. The topological polar surface area (TPSA) is 72.5 Å². The number of rotatable bonds is 5. The monoisotopic (exact) mass is 419 g/mol. The number of nitrogens with one attached hydrogen (secondary N) is 2. The van der Waals surface area contributed by atoms with Gasteiger partial charge >= 0.3 is 0 Å². The minimum atomic E-state index is -0.0505. The molecule has 0 bridgehead atoms. The van der Waals surface area contributed by atoms with Crippen LogP contribution in [0.2, 0.25) is 0 Å². The Labute approximate surface area is 169 Å². The number of hydrogen-bond donors (Lipinski definition) is 2. The second-order valence-corrected chi connectivity index (χ2v) is 6.67. The zero-order chi connectivity index (χ0) is 17.1. The van der Waals surface area contributed by atoms with Gasteiger partial charge in [-0.2, -0.15) is 0 Å². The van der Waals surface area contributed by atoms with E-state index < -0.39 is 0 Å². The maximum atomic E-state index is 12.5. The van der Waals surface area contributed by atoms with Crippen molar-refractivity contribution in [3.8, 4) is 22.1 Å². The van der Waals surface area contributed by atoms with Crippen LogP contribution in [0.4, 0.5) is 0 Å². The van der Waals surface area contributed by atoms with E-state index in [4.69, 9.17) is 9.47 Å². The van der Waals surface area contributed by atoms with Crippen molar-refractivity contribution in [2.45, 2.75) is 19.4 Å². The first-order chi connectivity index (χ1) is 11.6. The van der Waals surface area contributed by atoms with Gasteiger partial charge < -0.3 is 20.1 Å². The summed E-state index contributed by atoms with van der Waals surface area (Å²) in [5.41, 5.74) is 1.65. The van der Waals surface area contributed by atoms with Crippen molar-refractivity contribution in [2.24, 2.45) is 0 Å². The standard InChI is InChI=1S/C17H21N3O3S.2ClH/c1-10-15(16(21)20-12-6-7-18-9-12)24-17(19-10)11-4-5-13(22-2)14(8-11)23-3;;/h4-5,8,12,18H,6-7,9H2,1-3H3,(H,20,21);2*1H. The molecule has 2 N–H and O–H groups in total. The van der Waals surface area contributed by atoms with Gasteiger partial charge in [0.2, 0.25) is 0 Å². The number of amides is 1. The van der Waals surface area contributed by atoms with Crippen molar-refractivity contribution in [3.05, 3.63) is 28.8 Å². The molecule has 9 heteroatoms. The van der Waals surface area contributed by atoms with Crippen LogP contribution >= 0.6 is 36.2 Å². The van der Waals surface area contributed by atoms with Gasteiger partial charge in [-0.25, -0.2) is 4.98 Å². The maximum absolute atomic E-state index is 12.5. The molecule has 0 spiro atoms. The van der Waals surface area contributed by atoms with Crippen LogP contribution in [0.3, 0.4) is 0 Å². The van der Waals surface area contributed by atoms with Gasteiger partial charge in [0.15, 0.2) is 11.5 Å². The number of carbonyl (C=O) groups is 1. The lowest BCUT2D eigenvalue weighted by molar-refractivity contribution is 0.0943. The predicted molar refractivity (Wildman–Crippen MR) is 109 cm³/mol. The van der Waals surface area contributed by atoms with Crippen LogP contribution in [0.5, 0.6) is 11.5 Å². The molecule has 2 heterocycles. The highest BCUT2D eigenvalue weighted by Gasteiger charge is 2.21. The summed E-state index contributed by atoms with van der Waals surface area (Å²) in [4.78, 5) is 17.7. The first kappa shape index (κ1) is 22.5. The molecule has 1 unspecified atom stereocenters. The second kappa shape index (κ2) is 9.97. The largest absolute Gasteiger partial charge is 0.493 e. The fourth-order valence-corrected chi connectivity index (χ4v) is 3.69. The SMILES string of the molecule is COc1ccc(-c2nc(C)c(C(=O)NC3CCNC3)s2)cc1OC.Cl.Cl. The lowest BCUT2D eigenvalue weighted by atomic mass is 10.2. The molecular formula is C17H23Cl2N3O3S. The number of aryl methyl sites for hydroxylation is 1. The molecule has 1 aliphatic heterocycles. The Balaban J connectivity index is 0.00000169. The quantitative estimate of drug-likeness (QED) is 0.778. The highest BCUT2D eigenvalue weighted by molar-refractivity contribution is 7.17. The summed E-state index contributed by atoms with van der Waals surface area (Å²) in [7, 11) is 3.20. The normalized spacial score (nSPS) is 15.6. The van der Waals surface area contributed by atoms with Crippen LogP contribution < -0.4 is 20.1 Å². The summed E-state index contributed by atoms with van der Waals surface area (Å²) >= 11 is 1.40. The van der Waals surface area contributed by atoms with E-state index >= 15 is 0 Å². The molecule has 144 valence electrons. The van der Waals surface area contributed by atoms with Crippen molar-refractivity contribution in [1.29, 1.82) is 0 Å². The number of thiazole rings is 1. The van der Waals surface area contributed by atoms with E-state index in [1.165, 1.54) is 11.3 Å². The van der Waals surface area contributed by atoms with Crippen LogP contribution in [0.15, 0.2) is 18.2 Å². The Morgan fingerprint density at radius 1 is 1.27 bits per heavy atom. The van der Waals surface area contributed by atoms with Gasteiger partial charge in [-0.3, -0.25) is 4.79 Å². The molecule has 1 amide bonds. The highest BCUT2D eigenvalue weighted by Crippen LogP contribution is 2.35. The number of carbonyl (C=O) groups excluding carboxylic acids is 1. The van der Waals surface area contributed by atoms with E-state index in [0.717, 1.165) is 35.8 Å². The molecule has 1 aliphatic rings. The first-order valence-electron chi connectivity index (χ1n) is 7.83. The Hall–Kier alpha value is -1.54. The van der Waals surface area contributed by atoms with E-state index in [9.17, 15) is 4.79 Å². The average molecular weight is 420 g/mol. The third-order valence-corrected chi connectivity index (χ3v) is 5.23. The summed E-state index contributed by atoms with van der Waals surface area (Å²) in [5.74, 6) is 1.26. The minimum absolute atomic E-state index is 0. The first-order valence-corrected chi connectivity index (χ1v) is 8.65. The van der Waals surface area contributed by atoms with E-state index in [1.807, 2.05) is 25.1 Å². The van der Waals surface area contributed by atoms with Crippen molar-refractivity contribution in [2.75, 3.05) is 27.3 Å². The Kier molecular flexibility index (Phi) is 8.62. The van der Waals surface area contributed by atoms with Crippen molar-refractivity contribution in [1.82, 2.24) is 15.6 Å². The lowest BCUT2D eigenvalue weighted by Gasteiger charge is -2.10. The van der Waals surface area contributed by atoms with Crippen LogP contribution in [-0.2, 0) is 0 Å². The van der Waals surface area contributed by atoms with Crippen molar-refractivity contribution in [3.63, 3.8) is 0 Å². The summed E-state index contributed by atoms with van der Waals surface area (Å²) < 4.78 is 10.6. The van der Waals surface area contributed by atoms with Crippen LogP contribution in [0, 0.1) is 6.92 Å². The summed E-state index contributed by atoms with van der Waals surface area (Å²) in [6.07, 6.45) is 0.964. The van der Waals surface area contributed by atoms with E-state index in [0.29, 0.717) is 16.4 Å². The van der Waals surface area contributed by atoms with E-state index in [-0.39, 0.29) is 36.8 Å². The van der Waals surface area contributed by atoms with Crippen LogP contribution in [-0.4, -0.2) is 44.2 Å². The molecule has 3 rings (SSSR count). The van der Waals surface area contributed by atoms with Gasteiger partial charge in [0, 0.05) is 18.2 Å². The van der Waals surface area contributed by atoms with Gasteiger partial charge in [0.25, 0.3) is 5.91 Å².